The summed E-state index contributed by atoms with van der Waals surface area (Å²) in [5.41, 5.74) is -0.0153. The van der Waals surface area contributed by atoms with Crippen LogP contribution in [-0.4, -0.2) is 45.5 Å². The van der Waals surface area contributed by atoms with E-state index in [1.54, 1.807) is 6.92 Å². The highest BCUT2D eigenvalue weighted by Crippen LogP contribution is 2.17. The molecule has 1 aliphatic carbocycles. The smallest absolute Gasteiger partial charge is 0.338 e. The average Bonchev–Trinajstić information content (AvgIpc) is 2.67. The zero-order valence-corrected chi connectivity index (χ0v) is 16.5. The van der Waals surface area contributed by atoms with Crippen molar-refractivity contribution in [2.75, 3.05) is 13.2 Å². The van der Waals surface area contributed by atoms with Gasteiger partial charge in [0.2, 0.25) is 10.0 Å². The lowest BCUT2D eigenvalue weighted by Gasteiger charge is -2.22. The Labute approximate surface area is 164 Å². The van der Waals surface area contributed by atoms with E-state index >= 15 is 0 Å². The van der Waals surface area contributed by atoms with Crippen LogP contribution in [0.15, 0.2) is 29.2 Å². The van der Waals surface area contributed by atoms with E-state index in [0.29, 0.717) is 0 Å². The molecule has 1 saturated carbocycles. The van der Waals surface area contributed by atoms with Crippen LogP contribution >= 0.6 is 0 Å². The number of rotatable bonds is 7. The Morgan fingerprint density at radius 1 is 1.14 bits per heavy atom. The summed E-state index contributed by atoms with van der Waals surface area (Å²) >= 11 is 0. The maximum Gasteiger partial charge on any atom is 0.338 e. The predicted molar refractivity (Wildman–Crippen MR) is 101 cm³/mol. The first-order valence-electron chi connectivity index (χ1n) is 9.19. The number of hydrogen-bond donors (Lipinski definition) is 3. The van der Waals surface area contributed by atoms with Gasteiger partial charge in [0.1, 0.15) is 0 Å². The van der Waals surface area contributed by atoms with E-state index in [2.05, 4.69) is 15.4 Å². The zero-order chi connectivity index (χ0) is 20.6. The van der Waals surface area contributed by atoms with Crippen LogP contribution < -0.4 is 15.4 Å². The molecule has 3 N–H and O–H groups in total. The molecule has 10 heteroatoms. The van der Waals surface area contributed by atoms with Gasteiger partial charge in [0, 0.05) is 12.6 Å². The summed E-state index contributed by atoms with van der Waals surface area (Å²) in [6, 6.07) is 4.71. The Bertz CT molecular complexity index is 818. The molecule has 0 spiro atoms. The van der Waals surface area contributed by atoms with E-state index < -0.39 is 34.5 Å². The maximum absolute atomic E-state index is 12.1. The number of esters is 1. The molecular weight excluding hydrogens is 386 g/mol. The average molecular weight is 411 g/mol. The van der Waals surface area contributed by atoms with Crippen LogP contribution in [0.3, 0.4) is 0 Å². The van der Waals surface area contributed by atoms with Crippen molar-refractivity contribution in [2.45, 2.75) is 50.0 Å². The molecule has 0 atom stereocenters. The van der Waals surface area contributed by atoms with Crippen LogP contribution in [0.25, 0.3) is 0 Å². The van der Waals surface area contributed by atoms with E-state index in [0.717, 1.165) is 38.2 Å². The van der Waals surface area contributed by atoms with Gasteiger partial charge in [-0.2, -0.15) is 0 Å². The molecule has 0 radical (unpaired) electrons. The fraction of sp³-hybridized carbons (Fsp3) is 0.500. The van der Waals surface area contributed by atoms with Gasteiger partial charge in [-0.3, -0.25) is 10.1 Å². The molecule has 1 aromatic carbocycles. The maximum atomic E-state index is 12.1. The van der Waals surface area contributed by atoms with Crippen molar-refractivity contribution < 1.29 is 27.5 Å². The van der Waals surface area contributed by atoms with Crippen LogP contribution in [0.5, 0.6) is 0 Å². The first-order chi connectivity index (χ1) is 13.3. The predicted octanol–water partition coefficient (Wildman–Crippen LogP) is 1.30. The summed E-state index contributed by atoms with van der Waals surface area (Å²) in [6.45, 7) is 1.19. The second-order valence-corrected chi connectivity index (χ2v) is 8.23. The molecule has 1 fully saturated rings. The van der Waals surface area contributed by atoms with Crippen LogP contribution in [-0.2, 0) is 19.6 Å². The van der Waals surface area contributed by atoms with Crippen molar-refractivity contribution in [1.29, 1.82) is 0 Å². The van der Waals surface area contributed by atoms with Gasteiger partial charge in [-0.1, -0.05) is 32.3 Å². The molecule has 0 bridgehead atoms. The summed E-state index contributed by atoms with van der Waals surface area (Å²) in [7, 11) is -3.72. The first-order valence-corrected chi connectivity index (χ1v) is 10.7. The number of carbonyl (C=O) groups excluding carboxylic acids is 3. The van der Waals surface area contributed by atoms with Crippen molar-refractivity contribution in [3.05, 3.63) is 29.8 Å². The molecule has 28 heavy (non-hydrogen) atoms. The number of sulfonamides is 1. The Kier molecular flexibility index (Phi) is 7.94. The Hall–Kier alpha value is -2.46. The molecule has 0 saturated heterocycles. The molecule has 0 heterocycles. The molecule has 0 unspecified atom stereocenters. The van der Waals surface area contributed by atoms with Gasteiger partial charge < -0.3 is 10.1 Å². The van der Waals surface area contributed by atoms with E-state index in [-0.39, 0.29) is 23.0 Å². The third-order valence-electron chi connectivity index (χ3n) is 4.24. The monoisotopic (exact) mass is 411 g/mol. The minimum Gasteiger partial charge on any atom is -0.452 e. The standard InChI is InChI=1S/C18H25N3O6S/c1-2-19-28(25,26)15-10-6-7-13(11-15)17(23)27-12-16(22)21-18(24)20-14-8-4-3-5-9-14/h6-7,10-11,14,19H,2-5,8-9,12H2,1H3,(H2,20,21,22,24). The van der Waals surface area contributed by atoms with E-state index in [1.165, 1.54) is 18.2 Å². The zero-order valence-electron chi connectivity index (χ0n) is 15.7. The molecular formula is C18H25N3O6S. The first kappa shape index (κ1) is 21.8. The lowest BCUT2D eigenvalue weighted by molar-refractivity contribution is -0.123. The summed E-state index contributed by atoms with van der Waals surface area (Å²) in [5, 5.41) is 4.83. The van der Waals surface area contributed by atoms with Gasteiger partial charge in [0.05, 0.1) is 10.5 Å². The third-order valence-corrected chi connectivity index (χ3v) is 5.79. The molecule has 9 nitrogen and oxygen atoms in total. The Morgan fingerprint density at radius 2 is 1.86 bits per heavy atom. The molecule has 3 amide bonds. The number of imide groups is 1. The number of benzene rings is 1. The fourth-order valence-corrected chi connectivity index (χ4v) is 4.00. The number of amides is 3. The highest BCUT2D eigenvalue weighted by Gasteiger charge is 2.19. The second-order valence-electron chi connectivity index (χ2n) is 6.46. The van der Waals surface area contributed by atoms with Gasteiger partial charge in [-0.25, -0.2) is 22.7 Å². The van der Waals surface area contributed by atoms with Gasteiger partial charge in [0.15, 0.2) is 6.61 Å². The van der Waals surface area contributed by atoms with Crippen molar-refractivity contribution in [1.82, 2.24) is 15.4 Å². The summed E-state index contributed by atoms with van der Waals surface area (Å²) in [5.74, 6) is -1.63. The quantitative estimate of drug-likeness (QED) is 0.580. The van der Waals surface area contributed by atoms with Gasteiger partial charge in [-0.15, -0.1) is 0 Å². The minimum atomic E-state index is -3.72. The number of carbonyl (C=O) groups is 3. The third kappa shape index (κ3) is 6.61. The highest BCUT2D eigenvalue weighted by molar-refractivity contribution is 7.89. The van der Waals surface area contributed by atoms with E-state index in [4.69, 9.17) is 4.74 Å². The lowest BCUT2D eigenvalue weighted by Crippen LogP contribution is -2.46. The van der Waals surface area contributed by atoms with Gasteiger partial charge >= 0.3 is 12.0 Å². The number of ether oxygens (including phenoxy) is 1. The van der Waals surface area contributed by atoms with Crippen LogP contribution in [0.1, 0.15) is 49.4 Å². The molecule has 1 aromatic rings. The van der Waals surface area contributed by atoms with E-state index in [1.807, 2.05) is 0 Å². The summed E-state index contributed by atoms with van der Waals surface area (Å²) in [4.78, 5) is 35.6. The van der Waals surface area contributed by atoms with Crippen molar-refractivity contribution in [3.8, 4) is 0 Å². The molecule has 154 valence electrons. The van der Waals surface area contributed by atoms with Crippen LogP contribution in [0.2, 0.25) is 0 Å². The van der Waals surface area contributed by atoms with Gasteiger partial charge in [-0.05, 0) is 31.0 Å². The largest absolute Gasteiger partial charge is 0.452 e. The van der Waals surface area contributed by atoms with Gasteiger partial charge in [0.25, 0.3) is 5.91 Å². The topological polar surface area (TPSA) is 131 Å². The van der Waals surface area contributed by atoms with Crippen molar-refractivity contribution in [3.63, 3.8) is 0 Å². The minimum absolute atomic E-state index is 0.0153. The highest BCUT2D eigenvalue weighted by atomic mass is 32.2. The Morgan fingerprint density at radius 3 is 2.54 bits per heavy atom. The number of hydrogen-bond acceptors (Lipinski definition) is 6. The fourth-order valence-electron chi connectivity index (χ4n) is 2.91. The lowest BCUT2D eigenvalue weighted by atomic mass is 9.96. The summed E-state index contributed by atoms with van der Waals surface area (Å²) in [6.07, 6.45) is 4.98. The normalized spacial score (nSPS) is 14.9. The number of urea groups is 1. The van der Waals surface area contributed by atoms with Crippen molar-refractivity contribution in [2.24, 2.45) is 0 Å². The SMILES string of the molecule is CCNS(=O)(=O)c1cccc(C(=O)OCC(=O)NC(=O)NC2CCCCC2)c1. The van der Waals surface area contributed by atoms with Crippen LogP contribution in [0.4, 0.5) is 4.79 Å². The molecule has 0 aliphatic heterocycles. The summed E-state index contributed by atoms with van der Waals surface area (Å²) < 4.78 is 31.2. The van der Waals surface area contributed by atoms with E-state index in [9.17, 15) is 22.8 Å². The molecule has 2 rings (SSSR count). The molecule has 1 aliphatic rings. The van der Waals surface area contributed by atoms with Crippen LogP contribution in [0, 0.1) is 0 Å². The molecule has 0 aromatic heterocycles. The second kappa shape index (κ2) is 10.2. The van der Waals surface area contributed by atoms with Crippen molar-refractivity contribution >= 4 is 27.9 Å². The number of nitrogens with one attached hydrogen (secondary N) is 3. The Balaban J connectivity index is 1.84.